The molecule has 6 heteroatoms. The number of benzene rings is 2. The average molecular weight is 423 g/mol. The van der Waals surface area contributed by atoms with E-state index in [-0.39, 0.29) is 0 Å². The monoisotopic (exact) mass is 422 g/mol. The third-order valence-electron chi connectivity index (χ3n) is 6.54. The van der Waals surface area contributed by atoms with Crippen molar-refractivity contribution in [3.63, 3.8) is 0 Å². The fraction of sp³-hybridized carbons (Fsp3) is 0.269. The van der Waals surface area contributed by atoms with Gasteiger partial charge in [0.05, 0.1) is 23.8 Å². The van der Waals surface area contributed by atoms with Crippen molar-refractivity contribution in [2.45, 2.75) is 32.2 Å². The number of aromatic amines is 1. The van der Waals surface area contributed by atoms with Gasteiger partial charge in [0.1, 0.15) is 0 Å². The summed E-state index contributed by atoms with van der Waals surface area (Å²) in [5.74, 6) is 0.879. The first-order valence-electron chi connectivity index (χ1n) is 11.4. The standard InChI is InChI=1S/C26H26N6/c1-2-7-24-21(6-1)14-28-16-26(24)32-17-23(30-31-32)10-19-8-9-20-12-22(29-25(20)11-19)15-27-13-18-4-3-5-18/h1-2,6-9,11-12,14,16-18,27,29H,3-5,10,13,15H2. The topological polar surface area (TPSA) is 71.4 Å². The molecule has 1 aliphatic rings. The van der Waals surface area contributed by atoms with Crippen LogP contribution in [0.1, 0.15) is 36.2 Å². The number of fused-ring (bicyclic) bond motifs is 2. The van der Waals surface area contributed by atoms with Crippen LogP contribution in [-0.2, 0) is 13.0 Å². The Balaban J connectivity index is 1.18. The zero-order chi connectivity index (χ0) is 21.3. The van der Waals surface area contributed by atoms with Crippen LogP contribution in [0.5, 0.6) is 0 Å². The van der Waals surface area contributed by atoms with Crippen molar-refractivity contribution in [1.29, 1.82) is 0 Å². The van der Waals surface area contributed by atoms with E-state index in [1.165, 1.54) is 41.4 Å². The van der Waals surface area contributed by atoms with E-state index < -0.39 is 0 Å². The second kappa shape index (κ2) is 8.20. The summed E-state index contributed by atoms with van der Waals surface area (Å²) in [5, 5.41) is 15.8. The minimum absolute atomic E-state index is 0.739. The Morgan fingerprint density at radius 1 is 1.03 bits per heavy atom. The van der Waals surface area contributed by atoms with Crippen LogP contribution in [0.2, 0.25) is 0 Å². The number of hydrogen-bond acceptors (Lipinski definition) is 4. The number of nitrogens with one attached hydrogen (secondary N) is 2. The van der Waals surface area contributed by atoms with E-state index in [9.17, 15) is 0 Å². The summed E-state index contributed by atoms with van der Waals surface area (Å²) in [6, 6.07) is 17.0. The molecule has 32 heavy (non-hydrogen) atoms. The number of rotatable bonds is 7. The number of H-pyrrole nitrogens is 1. The molecule has 6 rings (SSSR count). The first-order chi connectivity index (χ1) is 15.8. The van der Waals surface area contributed by atoms with Crippen molar-refractivity contribution in [3.8, 4) is 5.69 Å². The van der Waals surface area contributed by atoms with E-state index in [1.54, 1.807) is 0 Å². The molecule has 0 amide bonds. The number of aromatic nitrogens is 5. The lowest BCUT2D eigenvalue weighted by Gasteiger charge is -2.25. The molecule has 3 aromatic heterocycles. The molecule has 6 nitrogen and oxygen atoms in total. The molecule has 0 spiro atoms. The van der Waals surface area contributed by atoms with Gasteiger partial charge in [-0.2, -0.15) is 0 Å². The van der Waals surface area contributed by atoms with Crippen LogP contribution in [0.15, 0.2) is 67.1 Å². The van der Waals surface area contributed by atoms with Crippen molar-refractivity contribution in [1.82, 2.24) is 30.3 Å². The van der Waals surface area contributed by atoms with Gasteiger partial charge in [0.15, 0.2) is 0 Å². The second-order valence-corrected chi connectivity index (χ2v) is 8.85. The molecule has 0 aliphatic heterocycles. The minimum Gasteiger partial charge on any atom is -0.357 e. The summed E-state index contributed by atoms with van der Waals surface area (Å²) in [5.41, 5.74) is 5.52. The summed E-state index contributed by atoms with van der Waals surface area (Å²) in [6.07, 6.45) is 10.6. The maximum Gasteiger partial charge on any atom is 0.0925 e. The van der Waals surface area contributed by atoms with Gasteiger partial charge < -0.3 is 10.3 Å². The fourth-order valence-electron chi connectivity index (χ4n) is 4.54. The Hall–Kier alpha value is -3.51. The van der Waals surface area contributed by atoms with Crippen LogP contribution in [0.3, 0.4) is 0 Å². The Labute approximate surface area is 186 Å². The van der Waals surface area contributed by atoms with E-state index in [4.69, 9.17) is 0 Å². The molecule has 0 saturated heterocycles. The molecule has 2 N–H and O–H groups in total. The molecule has 1 saturated carbocycles. The molecule has 0 bridgehead atoms. The first-order valence-corrected chi connectivity index (χ1v) is 11.4. The predicted octanol–water partition coefficient (Wildman–Crippen LogP) is 4.78. The zero-order valence-electron chi connectivity index (χ0n) is 18.0. The third-order valence-corrected chi connectivity index (χ3v) is 6.54. The van der Waals surface area contributed by atoms with Crippen LogP contribution >= 0.6 is 0 Å². The smallest absolute Gasteiger partial charge is 0.0925 e. The summed E-state index contributed by atoms with van der Waals surface area (Å²) in [6.45, 7) is 2.02. The highest BCUT2D eigenvalue weighted by molar-refractivity contribution is 5.88. The van der Waals surface area contributed by atoms with Crippen molar-refractivity contribution in [2.75, 3.05) is 6.54 Å². The normalized spacial score (nSPS) is 14.2. The molecular weight excluding hydrogens is 396 g/mol. The van der Waals surface area contributed by atoms with Gasteiger partial charge in [-0.15, -0.1) is 5.10 Å². The molecule has 160 valence electrons. The Morgan fingerprint density at radius 2 is 1.97 bits per heavy atom. The molecule has 2 aromatic carbocycles. The van der Waals surface area contributed by atoms with Gasteiger partial charge in [-0.05, 0) is 48.4 Å². The van der Waals surface area contributed by atoms with E-state index in [1.807, 2.05) is 35.4 Å². The summed E-state index contributed by atoms with van der Waals surface area (Å²) >= 11 is 0. The quantitative estimate of drug-likeness (QED) is 0.396. The molecule has 1 fully saturated rings. The summed E-state index contributed by atoms with van der Waals surface area (Å²) in [7, 11) is 0. The van der Waals surface area contributed by atoms with E-state index in [0.717, 1.165) is 47.6 Å². The van der Waals surface area contributed by atoms with Crippen molar-refractivity contribution >= 4 is 21.7 Å². The minimum atomic E-state index is 0.739. The van der Waals surface area contributed by atoms with E-state index >= 15 is 0 Å². The van der Waals surface area contributed by atoms with Crippen LogP contribution in [0.25, 0.3) is 27.4 Å². The number of nitrogens with zero attached hydrogens (tertiary/aromatic N) is 4. The maximum atomic E-state index is 4.42. The Bertz CT molecular complexity index is 1370. The molecule has 3 heterocycles. The van der Waals surface area contributed by atoms with Crippen molar-refractivity contribution < 1.29 is 0 Å². The SMILES string of the molecule is c1ccc2c(-n3cc(Cc4ccc5cc(CNCC6CCC6)[nH]c5c4)nn3)cncc2c1. The number of hydrogen-bond donors (Lipinski definition) is 2. The lowest BCUT2D eigenvalue weighted by molar-refractivity contribution is 0.301. The molecule has 5 aromatic rings. The van der Waals surface area contributed by atoms with Gasteiger partial charge >= 0.3 is 0 Å². The molecule has 0 radical (unpaired) electrons. The largest absolute Gasteiger partial charge is 0.357 e. The zero-order valence-corrected chi connectivity index (χ0v) is 18.0. The fourth-order valence-corrected chi connectivity index (χ4v) is 4.54. The molecule has 0 atom stereocenters. The van der Waals surface area contributed by atoms with Crippen LogP contribution in [0, 0.1) is 5.92 Å². The van der Waals surface area contributed by atoms with Crippen LogP contribution in [0.4, 0.5) is 0 Å². The van der Waals surface area contributed by atoms with Crippen LogP contribution in [-0.4, -0.2) is 31.5 Å². The average Bonchev–Trinajstić information content (AvgIpc) is 3.41. The maximum absolute atomic E-state index is 4.42. The van der Waals surface area contributed by atoms with Gasteiger partial charge in [0.25, 0.3) is 0 Å². The first kappa shape index (κ1) is 19.2. The summed E-state index contributed by atoms with van der Waals surface area (Å²) < 4.78 is 1.82. The van der Waals surface area contributed by atoms with Gasteiger partial charge in [-0.25, -0.2) is 4.68 Å². The van der Waals surface area contributed by atoms with Crippen LogP contribution < -0.4 is 5.32 Å². The highest BCUT2D eigenvalue weighted by Gasteiger charge is 2.16. The predicted molar refractivity (Wildman–Crippen MR) is 127 cm³/mol. The van der Waals surface area contributed by atoms with Crippen molar-refractivity contribution in [3.05, 3.63) is 84.1 Å². The second-order valence-electron chi connectivity index (χ2n) is 8.85. The highest BCUT2D eigenvalue weighted by Crippen LogP contribution is 2.25. The molecule has 0 unspecified atom stereocenters. The van der Waals surface area contributed by atoms with Gasteiger partial charge in [0.2, 0.25) is 0 Å². The Kier molecular flexibility index (Phi) is 4.92. The van der Waals surface area contributed by atoms with E-state index in [2.05, 4.69) is 62.0 Å². The lowest BCUT2D eigenvalue weighted by Crippen LogP contribution is -2.26. The van der Waals surface area contributed by atoms with Crippen molar-refractivity contribution in [2.24, 2.45) is 5.92 Å². The Morgan fingerprint density at radius 3 is 2.88 bits per heavy atom. The molecule has 1 aliphatic carbocycles. The molecular formula is C26H26N6. The van der Waals surface area contributed by atoms with Gasteiger partial charge in [0, 0.05) is 41.1 Å². The third kappa shape index (κ3) is 3.78. The van der Waals surface area contributed by atoms with E-state index in [0.29, 0.717) is 0 Å². The van der Waals surface area contributed by atoms with Gasteiger partial charge in [-0.1, -0.05) is 48.0 Å². The number of pyridine rings is 1. The lowest BCUT2D eigenvalue weighted by atomic mass is 9.85. The summed E-state index contributed by atoms with van der Waals surface area (Å²) in [4.78, 5) is 7.93. The highest BCUT2D eigenvalue weighted by atomic mass is 15.4. The van der Waals surface area contributed by atoms with Gasteiger partial charge in [-0.3, -0.25) is 4.98 Å².